The van der Waals surface area contributed by atoms with Crippen LogP contribution in [0.15, 0.2) is 23.1 Å². The van der Waals surface area contributed by atoms with E-state index < -0.39 is 10.0 Å². The lowest BCUT2D eigenvalue weighted by Crippen LogP contribution is -2.20. The van der Waals surface area contributed by atoms with Crippen LogP contribution in [0, 0.1) is 6.92 Å². The molecule has 0 radical (unpaired) electrons. The average molecular weight is 308 g/mol. The average Bonchev–Trinajstić information content (AvgIpc) is 2.31. The number of carbonyl (C=O) groups is 1. The number of hydrogen-bond acceptors (Lipinski definition) is 4. The molecule has 0 saturated carbocycles. The fraction of sp³-hybridized carbons (Fsp3) is 0.364. The van der Waals surface area contributed by atoms with Gasteiger partial charge in [0.05, 0.1) is 4.90 Å². The summed E-state index contributed by atoms with van der Waals surface area (Å²) in [6, 6.07) is 4.72. The van der Waals surface area contributed by atoms with E-state index in [9.17, 15) is 13.2 Å². The Bertz CT molecular complexity index is 546. The fourth-order valence-electron chi connectivity index (χ4n) is 1.43. The molecule has 0 saturated heterocycles. The van der Waals surface area contributed by atoms with Crippen LogP contribution in [0.1, 0.15) is 12.0 Å². The summed E-state index contributed by atoms with van der Waals surface area (Å²) in [5.41, 5.74) is 6.31. The Hall–Kier alpha value is -1.15. The first kappa shape index (κ1) is 17.8. The van der Waals surface area contributed by atoms with Crippen LogP contribution in [-0.2, 0) is 14.8 Å². The van der Waals surface area contributed by atoms with Crippen LogP contribution in [-0.4, -0.2) is 27.9 Å². The van der Waals surface area contributed by atoms with Crippen molar-refractivity contribution >= 4 is 34.0 Å². The molecule has 0 heterocycles. The Morgan fingerprint density at radius 1 is 1.37 bits per heavy atom. The number of aryl methyl sites for hydroxylation is 1. The van der Waals surface area contributed by atoms with E-state index in [0.29, 0.717) is 11.3 Å². The van der Waals surface area contributed by atoms with Crippen LogP contribution in [0.4, 0.5) is 5.69 Å². The Balaban J connectivity index is 0.00000324. The Labute approximate surface area is 119 Å². The predicted octanol–water partition coefficient (Wildman–Crippen LogP) is 0.612. The number of halogens is 1. The number of amides is 1. The van der Waals surface area contributed by atoms with E-state index in [1.165, 1.54) is 13.1 Å². The van der Waals surface area contributed by atoms with Crippen LogP contribution in [0.2, 0.25) is 0 Å². The van der Waals surface area contributed by atoms with Crippen LogP contribution in [0.5, 0.6) is 0 Å². The second-order valence-electron chi connectivity index (χ2n) is 3.77. The molecule has 0 unspecified atom stereocenters. The number of hydrogen-bond donors (Lipinski definition) is 3. The predicted molar refractivity (Wildman–Crippen MR) is 77.0 cm³/mol. The van der Waals surface area contributed by atoms with E-state index in [1.54, 1.807) is 19.1 Å². The zero-order valence-corrected chi connectivity index (χ0v) is 12.4. The molecule has 6 nitrogen and oxygen atoms in total. The van der Waals surface area contributed by atoms with Gasteiger partial charge in [-0.3, -0.25) is 4.79 Å². The second-order valence-corrected chi connectivity index (χ2v) is 5.63. The van der Waals surface area contributed by atoms with Gasteiger partial charge in [-0.05, 0) is 31.7 Å². The topological polar surface area (TPSA) is 101 Å². The highest BCUT2D eigenvalue weighted by Crippen LogP contribution is 2.19. The first-order chi connectivity index (χ1) is 8.40. The van der Waals surface area contributed by atoms with Crippen molar-refractivity contribution in [2.75, 3.05) is 18.9 Å². The van der Waals surface area contributed by atoms with Crippen molar-refractivity contribution in [3.63, 3.8) is 0 Å². The monoisotopic (exact) mass is 307 g/mol. The van der Waals surface area contributed by atoms with Crippen LogP contribution in [0.3, 0.4) is 0 Å². The number of sulfonamides is 1. The molecule has 0 atom stereocenters. The molecule has 19 heavy (non-hydrogen) atoms. The molecule has 0 aliphatic carbocycles. The minimum Gasteiger partial charge on any atom is -0.330 e. The molecule has 1 rings (SSSR count). The molecule has 1 amide bonds. The minimum atomic E-state index is -3.53. The molecular weight excluding hydrogens is 290 g/mol. The van der Waals surface area contributed by atoms with Gasteiger partial charge in [0.2, 0.25) is 15.9 Å². The third-order valence-electron chi connectivity index (χ3n) is 2.40. The highest BCUT2D eigenvalue weighted by Gasteiger charge is 2.15. The number of nitrogens with one attached hydrogen (secondary N) is 2. The van der Waals surface area contributed by atoms with Crippen molar-refractivity contribution in [1.82, 2.24) is 4.72 Å². The van der Waals surface area contributed by atoms with E-state index in [2.05, 4.69) is 10.0 Å². The molecule has 0 bridgehead atoms. The molecule has 1 aromatic carbocycles. The molecule has 0 spiro atoms. The summed E-state index contributed by atoms with van der Waals surface area (Å²) < 4.78 is 25.7. The molecule has 0 aromatic heterocycles. The van der Waals surface area contributed by atoms with Gasteiger partial charge in [0.25, 0.3) is 0 Å². The lowest BCUT2D eigenvalue weighted by Gasteiger charge is -2.10. The van der Waals surface area contributed by atoms with Gasteiger partial charge in [-0.25, -0.2) is 13.1 Å². The van der Waals surface area contributed by atoms with Gasteiger partial charge in [0, 0.05) is 18.7 Å². The van der Waals surface area contributed by atoms with E-state index in [0.717, 1.165) is 0 Å². The summed E-state index contributed by atoms with van der Waals surface area (Å²) in [6.45, 7) is 1.94. The smallest absolute Gasteiger partial charge is 0.240 e. The first-order valence-electron chi connectivity index (χ1n) is 5.45. The van der Waals surface area contributed by atoms with Crippen LogP contribution >= 0.6 is 12.4 Å². The third-order valence-corrected chi connectivity index (χ3v) is 3.96. The van der Waals surface area contributed by atoms with Gasteiger partial charge in [-0.2, -0.15) is 0 Å². The Morgan fingerprint density at radius 2 is 2.00 bits per heavy atom. The number of carbonyl (C=O) groups excluding carboxylic acids is 1. The lowest BCUT2D eigenvalue weighted by atomic mass is 10.2. The van der Waals surface area contributed by atoms with Gasteiger partial charge in [-0.1, -0.05) is 6.07 Å². The maximum absolute atomic E-state index is 11.7. The highest BCUT2D eigenvalue weighted by molar-refractivity contribution is 7.89. The number of anilines is 1. The van der Waals surface area contributed by atoms with Crippen molar-refractivity contribution in [3.05, 3.63) is 23.8 Å². The van der Waals surface area contributed by atoms with Gasteiger partial charge in [0.1, 0.15) is 0 Å². The van der Waals surface area contributed by atoms with Gasteiger partial charge >= 0.3 is 0 Å². The minimum absolute atomic E-state index is 0. The largest absolute Gasteiger partial charge is 0.330 e. The fourth-order valence-corrected chi connectivity index (χ4v) is 2.43. The highest BCUT2D eigenvalue weighted by atomic mass is 35.5. The lowest BCUT2D eigenvalue weighted by molar-refractivity contribution is -0.116. The third kappa shape index (κ3) is 4.79. The first-order valence-corrected chi connectivity index (χ1v) is 6.93. The number of benzene rings is 1. The molecule has 8 heteroatoms. The molecule has 0 aliphatic rings. The molecule has 108 valence electrons. The van der Waals surface area contributed by atoms with Crippen molar-refractivity contribution in [2.24, 2.45) is 5.73 Å². The van der Waals surface area contributed by atoms with Crippen molar-refractivity contribution < 1.29 is 13.2 Å². The SMILES string of the molecule is CNS(=O)(=O)c1cc(NC(=O)CCN)ccc1C.Cl. The molecule has 0 fully saturated rings. The molecule has 0 aliphatic heterocycles. The van der Waals surface area contributed by atoms with E-state index in [4.69, 9.17) is 5.73 Å². The van der Waals surface area contributed by atoms with E-state index in [1.807, 2.05) is 0 Å². The summed E-state index contributed by atoms with van der Waals surface area (Å²) in [4.78, 5) is 11.5. The van der Waals surface area contributed by atoms with Crippen molar-refractivity contribution in [1.29, 1.82) is 0 Å². The quantitative estimate of drug-likeness (QED) is 0.742. The zero-order chi connectivity index (χ0) is 13.8. The summed E-state index contributed by atoms with van der Waals surface area (Å²) in [7, 11) is -2.18. The number of rotatable bonds is 5. The summed E-state index contributed by atoms with van der Waals surface area (Å²) in [5, 5.41) is 2.60. The Morgan fingerprint density at radius 3 is 2.53 bits per heavy atom. The maximum Gasteiger partial charge on any atom is 0.240 e. The maximum atomic E-state index is 11.7. The van der Waals surface area contributed by atoms with Crippen molar-refractivity contribution in [3.8, 4) is 0 Å². The van der Waals surface area contributed by atoms with Gasteiger partial charge in [-0.15, -0.1) is 12.4 Å². The normalized spacial score (nSPS) is 10.7. The van der Waals surface area contributed by atoms with Crippen LogP contribution < -0.4 is 15.8 Å². The Kier molecular flexibility index (Phi) is 6.99. The van der Waals surface area contributed by atoms with Gasteiger partial charge in [0.15, 0.2) is 0 Å². The molecular formula is C11H18ClN3O3S. The molecule has 4 N–H and O–H groups in total. The van der Waals surface area contributed by atoms with Crippen LogP contribution in [0.25, 0.3) is 0 Å². The van der Waals surface area contributed by atoms with Crippen molar-refractivity contribution in [2.45, 2.75) is 18.2 Å². The summed E-state index contributed by atoms with van der Waals surface area (Å²) >= 11 is 0. The standard InChI is InChI=1S/C11H17N3O3S.ClH/c1-8-3-4-9(14-11(15)5-6-12)7-10(8)18(16,17)13-2;/h3-4,7,13H,5-6,12H2,1-2H3,(H,14,15);1H. The van der Waals surface area contributed by atoms with E-state index in [-0.39, 0.29) is 36.2 Å². The zero-order valence-electron chi connectivity index (χ0n) is 10.8. The van der Waals surface area contributed by atoms with E-state index >= 15 is 0 Å². The molecule has 1 aromatic rings. The number of nitrogens with two attached hydrogens (primary N) is 1. The second kappa shape index (κ2) is 7.44. The summed E-state index contributed by atoms with van der Waals surface area (Å²) in [5.74, 6) is -0.242. The van der Waals surface area contributed by atoms with Gasteiger partial charge < -0.3 is 11.1 Å². The summed E-state index contributed by atoms with van der Waals surface area (Å²) in [6.07, 6.45) is 0.196.